The number of H-pyrrole nitrogens is 1. The van der Waals surface area contributed by atoms with E-state index in [9.17, 15) is 9.90 Å². The number of ether oxygens (including phenoxy) is 1. The summed E-state index contributed by atoms with van der Waals surface area (Å²) in [6, 6.07) is 19.4. The van der Waals surface area contributed by atoms with Gasteiger partial charge in [-0.15, -0.1) is 0 Å². The molecule has 1 aromatic heterocycles. The van der Waals surface area contributed by atoms with E-state index in [4.69, 9.17) is 4.74 Å². The number of aromatic hydroxyl groups is 1. The normalized spacial score (nSPS) is 11.1. The number of para-hydroxylation sites is 1. The summed E-state index contributed by atoms with van der Waals surface area (Å²) < 4.78 is 5.16. The maximum absolute atomic E-state index is 12.4. The molecule has 3 N–H and O–H groups in total. The van der Waals surface area contributed by atoms with Gasteiger partial charge in [-0.25, -0.2) is 10.4 Å². The van der Waals surface area contributed by atoms with Crippen molar-refractivity contribution in [2.24, 2.45) is 5.10 Å². The third kappa shape index (κ3) is 3.93. The fraction of sp³-hybridized carbons (Fsp3) is 0.0455. The maximum Gasteiger partial charge on any atom is 0.271 e. The molecule has 0 aliphatic heterocycles. The van der Waals surface area contributed by atoms with Crippen LogP contribution in [0.5, 0.6) is 11.5 Å². The predicted molar refractivity (Wildman–Crippen MR) is 111 cm³/mol. The van der Waals surface area contributed by atoms with Crippen LogP contribution in [0.15, 0.2) is 71.8 Å². The highest BCUT2D eigenvalue weighted by Crippen LogP contribution is 2.28. The van der Waals surface area contributed by atoms with Crippen LogP contribution in [0.25, 0.3) is 22.4 Å². The number of hydrogen-bond donors (Lipinski definition) is 3. The van der Waals surface area contributed by atoms with Crippen molar-refractivity contribution < 1.29 is 14.6 Å². The van der Waals surface area contributed by atoms with E-state index in [0.717, 1.165) is 5.56 Å². The van der Waals surface area contributed by atoms with E-state index >= 15 is 0 Å². The number of rotatable bonds is 5. The number of aromatic amines is 1. The zero-order valence-electron chi connectivity index (χ0n) is 15.6. The van der Waals surface area contributed by atoms with Crippen molar-refractivity contribution >= 4 is 23.2 Å². The lowest BCUT2D eigenvalue weighted by atomic mass is 10.2. The second kappa shape index (κ2) is 7.85. The molecule has 7 nitrogen and oxygen atoms in total. The molecule has 4 aromatic rings. The standard InChI is InChI=1S/C22H18N4O3/c1-29-16-6-4-5-14(11-16)13-23-26-22(28)15-9-10-18-19(12-15)25-21(24-18)17-7-2-3-8-20(17)27/h2-13,27H,1H3,(H,24,25)(H,26,28)/b23-13+. The number of carbonyl (C=O) groups is 1. The Kier molecular flexibility index (Phi) is 4.94. The summed E-state index contributed by atoms with van der Waals surface area (Å²) in [4.78, 5) is 20.0. The third-order valence-electron chi connectivity index (χ3n) is 4.38. The molecule has 0 bridgehead atoms. The molecule has 3 aromatic carbocycles. The number of aromatic nitrogens is 2. The Morgan fingerprint density at radius 3 is 2.83 bits per heavy atom. The number of nitrogens with one attached hydrogen (secondary N) is 2. The minimum absolute atomic E-state index is 0.136. The SMILES string of the molecule is COc1cccc(/C=N/NC(=O)c2ccc3nc(-c4ccccc4O)[nH]c3c2)c1. The summed E-state index contributed by atoms with van der Waals surface area (Å²) in [6.07, 6.45) is 1.55. The molecular formula is C22H18N4O3. The molecule has 0 saturated heterocycles. The van der Waals surface area contributed by atoms with Gasteiger partial charge in [0.25, 0.3) is 5.91 Å². The summed E-state index contributed by atoms with van der Waals surface area (Å²) in [7, 11) is 1.59. The van der Waals surface area contributed by atoms with Gasteiger partial charge in [0.05, 0.1) is 29.9 Å². The maximum atomic E-state index is 12.4. The number of amides is 1. The number of phenolic OH excluding ortho intramolecular Hbond substituents is 1. The van der Waals surface area contributed by atoms with E-state index in [2.05, 4.69) is 20.5 Å². The second-order valence-electron chi connectivity index (χ2n) is 6.31. The minimum atomic E-state index is -0.343. The Hall–Kier alpha value is -4.13. The van der Waals surface area contributed by atoms with E-state index in [0.29, 0.717) is 33.7 Å². The summed E-state index contributed by atoms with van der Waals surface area (Å²) in [5, 5.41) is 14.0. The number of hydrazone groups is 1. The smallest absolute Gasteiger partial charge is 0.271 e. The summed E-state index contributed by atoms with van der Waals surface area (Å²) >= 11 is 0. The van der Waals surface area contributed by atoms with Gasteiger partial charge in [0.2, 0.25) is 0 Å². The lowest BCUT2D eigenvalue weighted by Crippen LogP contribution is -2.17. The molecule has 0 aliphatic carbocycles. The number of methoxy groups -OCH3 is 1. The van der Waals surface area contributed by atoms with Crippen LogP contribution >= 0.6 is 0 Å². The molecule has 0 unspecified atom stereocenters. The molecular weight excluding hydrogens is 368 g/mol. The van der Waals surface area contributed by atoms with Gasteiger partial charge in [0.15, 0.2) is 0 Å². The van der Waals surface area contributed by atoms with Crippen LogP contribution in [0.2, 0.25) is 0 Å². The first-order valence-electron chi connectivity index (χ1n) is 8.89. The molecule has 0 aliphatic rings. The monoisotopic (exact) mass is 386 g/mol. The average Bonchev–Trinajstić information content (AvgIpc) is 3.17. The zero-order valence-corrected chi connectivity index (χ0v) is 15.6. The zero-order chi connectivity index (χ0) is 20.2. The Morgan fingerprint density at radius 1 is 1.14 bits per heavy atom. The largest absolute Gasteiger partial charge is 0.507 e. The first kappa shape index (κ1) is 18.2. The molecule has 1 heterocycles. The van der Waals surface area contributed by atoms with Crippen molar-refractivity contribution in [2.75, 3.05) is 7.11 Å². The van der Waals surface area contributed by atoms with E-state index in [1.165, 1.54) is 0 Å². The summed E-state index contributed by atoms with van der Waals surface area (Å²) in [5.41, 5.74) is 5.73. The van der Waals surface area contributed by atoms with Gasteiger partial charge in [-0.3, -0.25) is 4.79 Å². The number of hydrogen-bond acceptors (Lipinski definition) is 5. The van der Waals surface area contributed by atoms with Gasteiger partial charge in [-0.1, -0.05) is 24.3 Å². The summed E-state index contributed by atoms with van der Waals surface area (Å²) in [5.74, 6) is 1.04. The van der Waals surface area contributed by atoms with Crippen LogP contribution < -0.4 is 10.2 Å². The fourth-order valence-corrected chi connectivity index (χ4v) is 2.90. The molecule has 0 atom stereocenters. The topological polar surface area (TPSA) is 99.6 Å². The van der Waals surface area contributed by atoms with Gasteiger partial charge >= 0.3 is 0 Å². The van der Waals surface area contributed by atoms with Crippen LogP contribution in [0, 0.1) is 0 Å². The first-order valence-corrected chi connectivity index (χ1v) is 8.89. The minimum Gasteiger partial charge on any atom is -0.507 e. The van der Waals surface area contributed by atoms with Crippen molar-refractivity contribution in [3.63, 3.8) is 0 Å². The van der Waals surface area contributed by atoms with Gasteiger partial charge in [0, 0.05) is 5.56 Å². The highest BCUT2D eigenvalue weighted by Gasteiger charge is 2.11. The fourth-order valence-electron chi connectivity index (χ4n) is 2.90. The average molecular weight is 386 g/mol. The van der Waals surface area contributed by atoms with Crippen LogP contribution in [-0.2, 0) is 0 Å². The number of fused-ring (bicyclic) bond motifs is 1. The number of benzene rings is 3. The Labute approximate surface area is 166 Å². The predicted octanol–water partition coefficient (Wildman–Crippen LogP) is 3.71. The van der Waals surface area contributed by atoms with Gasteiger partial charge in [-0.05, 0) is 48.0 Å². The van der Waals surface area contributed by atoms with E-state index < -0.39 is 0 Å². The van der Waals surface area contributed by atoms with Crippen LogP contribution in [0.3, 0.4) is 0 Å². The van der Waals surface area contributed by atoms with Crippen molar-refractivity contribution in [3.8, 4) is 22.9 Å². The Morgan fingerprint density at radius 2 is 2.00 bits per heavy atom. The molecule has 7 heteroatoms. The van der Waals surface area contributed by atoms with Crippen molar-refractivity contribution in [2.45, 2.75) is 0 Å². The molecule has 4 rings (SSSR count). The van der Waals surface area contributed by atoms with E-state index in [-0.39, 0.29) is 11.7 Å². The Bertz CT molecular complexity index is 1210. The van der Waals surface area contributed by atoms with E-state index in [1.807, 2.05) is 30.3 Å². The lowest BCUT2D eigenvalue weighted by Gasteiger charge is -2.01. The van der Waals surface area contributed by atoms with Crippen molar-refractivity contribution in [1.29, 1.82) is 0 Å². The lowest BCUT2D eigenvalue weighted by molar-refractivity contribution is 0.0955. The Balaban J connectivity index is 1.52. The third-order valence-corrected chi connectivity index (χ3v) is 4.38. The van der Waals surface area contributed by atoms with Crippen LogP contribution in [0.4, 0.5) is 0 Å². The quantitative estimate of drug-likeness (QED) is 0.360. The second-order valence-corrected chi connectivity index (χ2v) is 6.31. The number of phenols is 1. The van der Waals surface area contributed by atoms with E-state index in [1.54, 1.807) is 49.7 Å². The molecule has 29 heavy (non-hydrogen) atoms. The van der Waals surface area contributed by atoms with Crippen molar-refractivity contribution in [3.05, 3.63) is 77.9 Å². The molecule has 144 valence electrons. The molecule has 0 fully saturated rings. The molecule has 0 saturated carbocycles. The molecule has 0 spiro atoms. The van der Waals surface area contributed by atoms with Gasteiger partial charge in [-0.2, -0.15) is 5.10 Å². The first-order chi connectivity index (χ1) is 14.1. The molecule has 1 amide bonds. The van der Waals surface area contributed by atoms with Crippen LogP contribution in [0.1, 0.15) is 15.9 Å². The number of nitrogens with zero attached hydrogens (tertiary/aromatic N) is 2. The van der Waals surface area contributed by atoms with Crippen LogP contribution in [-0.4, -0.2) is 34.3 Å². The van der Waals surface area contributed by atoms with Crippen molar-refractivity contribution in [1.82, 2.24) is 15.4 Å². The molecule has 0 radical (unpaired) electrons. The highest BCUT2D eigenvalue weighted by molar-refractivity contribution is 5.98. The number of imidazole rings is 1. The van der Waals surface area contributed by atoms with Gasteiger partial charge in [0.1, 0.15) is 17.3 Å². The van der Waals surface area contributed by atoms with Gasteiger partial charge < -0.3 is 14.8 Å². The number of carbonyl (C=O) groups excluding carboxylic acids is 1. The highest BCUT2D eigenvalue weighted by atomic mass is 16.5. The summed E-state index contributed by atoms with van der Waals surface area (Å²) in [6.45, 7) is 0.